The van der Waals surface area contributed by atoms with E-state index in [9.17, 15) is 10.1 Å². The van der Waals surface area contributed by atoms with Gasteiger partial charge < -0.3 is 5.32 Å². The Morgan fingerprint density at radius 3 is 2.30 bits per heavy atom. The first-order valence-electron chi connectivity index (χ1n) is 6.03. The number of nitrogens with zero attached hydrogens (tertiary/aromatic N) is 2. The highest BCUT2D eigenvalue weighted by Gasteiger charge is 2.13. The molecule has 0 atom stereocenters. The molecule has 0 unspecified atom stereocenters. The molecule has 0 aliphatic rings. The molecule has 0 fully saturated rings. The number of rotatable bonds is 3. The summed E-state index contributed by atoms with van der Waals surface area (Å²) in [6.07, 6.45) is 0. The van der Waals surface area contributed by atoms with Gasteiger partial charge in [-0.1, -0.05) is 6.07 Å². The van der Waals surface area contributed by atoms with Gasteiger partial charge in [0.15, 0.2) is 0 Å². The van der Waals surface area contributed by atoms with Crippen molar-refractivity contribution in [3.8, 4) is 6.07 Å². The second-order valence-corrected chi connectivity index (χ2v) is 4.60. The molecule has 0 saturated heterocycles. The first kappa shape index (κ1) is 13.6. The SMILES string of the molecule is Cc1cc(C)cc(Nc2ccc([N+](=O)[O-])c(C#N)c2)c1. The second kappa shape index (κ2) is 5.41. The van der Waals surface area contributed by atoms with Crippen LogP contribution in [0.4, 0.5) is 17.1 Å². The Morgan fingerprint density at radius 2 is 1.75 bits per heavy atom. The van der Waals surface area contributed by atoms with Crippen LogP contribution >= 0.6 is 0 Å². The molecule has 20 heavy (non-hydrogen) atoms. The molecule has 5 heteroatoms. The van der Waals surface area contributed by atoms with Gasteiger partial charge in [-0.2, -0.15) is 5.26 Å². The minimum atomic E-state index is -0.556. The van der Waals surface area contributed by atoms with Gasteiger partial charge in [-0.3, -0.25) is 10.1 Å². The van der Waals surface area contributed by atoms with Crippen molar-refractivity contribution in [2.24, 2.45) is 0 Å². The molecule has 0 aromatic heterocycles. The van der Waals surface area contributed by atoms with E-state index in [1.54, 1.807) is 6.07 Å². The molecular formula is C15H13N3O2. The number of anilines is 2. The summed E-state index contributed by atoms with van der Waals surface area (Å²) in [5, 5.41) is 22.9. The van der Waals surface area contributed by atoms with Crippen molar-refractivity contribution in [3.63, 3.8) is 0 Å². The number of nitro groups is 1. The van der Waals surface area contributed by atoms with Crippen LogP contribution in [0.15, 0.2) is 36.4 Å². The van der Waals surface area contributed by atoms with Gasteiger partial charge in [0, 0.05) is 17.4 Å². The minimum Gasteiger partial charge on any atom is -0.355 e. The quantitative estimate of drug-likeness (QED) is 0.677. The zero-order valence-corrected chi connectivity index (χ0v) is 11.2. The number of hydrogen-bond acceptors (Lipinski definition) is 4. The third-order valence-corrected chi connectivity index (χ3v) is 2.82. The van der Waals surface area contributed by atoms with Crippen LogP contribution < -0.4 is 5.32 Å². The lowest BCUT2D eigenvalue weighted by Crippen LogP contribution is -1.96. The summed E-state index contributed by atoms with van der Waals surface area (Å²) in [5.74, 6) is 0. The van der Waals surface area contributed by atoms with Crippen LogP contribution in [0.3, 0.4) is 0 Å². The number of hydrogen-bond donors (Lipinski definition) is 1. The van der Waals surface area contributed by atoms with Crippen molar-refractivity contribution < 1.29 is 4.92 Å². The first-order chi connectivity index (χ1) is 9.49. The van der Waals surface area contributed by atoms with Crippen molar-refractivity contribution in [2.75, 3.05) is 5.32 Å². The van der Waals surface area contributed by atoms with Gasteiger partial charge in [0.05, 0.1) is 4.92 Å². The van der Waals surface area contributed by atoms with Crippen LogP contribution in [0, 0.1) is 35.3 Å². The maximum Gasteiger partial charge on any atom is 0.287 e. The normalized spacial score (nSPS) is 9.85. The van der Waals surface area contributed by atoms with Crippen LogP contribution in [0.2, 0.25) is 0 Å². The van der Waals surface area contributed by atoms with Crippen molar-refractivity contribution in [1.29, 1.82) is 5.26 Å². The summed E-state index contributed by atoms with van der Waals surface area (Å²) >= 11 is 0. The molecule has 2 rings (SSSR count). The van der Waals surface area contributed by atoms with Gasteiger partial charge in [0.25, 0.3) is 5.69 Å². The fourth-order valence-corrected chi connectivity index (χ4v) is 2.08. The lowest BCUT2D eigenvalue weighted by Gasteiger charge is -2.09. The monoisotopic (exact) mass is 267 g/mol. The van der Waals surface area contributed by atoms with Crippen LogP contribution in [-0.4, -0.2) is 4.92 Å². The Labute approximate surface area is 116 Å². The molecule has 1 N–H and O–H groups in total. The van der Waals surface area contributed by atoms with Gasteiger partial charge in [-0.05, 0) is 49.2 Å². The predicted octanol–water partition coefficient (Wildman–Crippen LogP) is 3.83. The van der Waals surface area contributed by atoms with Crippen molar-refractivity contribution >= 4 is 17.1 Å². The number of nitro benzene ring substituents is 1. The molecule has 0 aliphatic carbocycles. The molecule has 100 valence electrons. The van der Waals surface area contributed by atoms with Crippen LogP contribution in [0.25, 0.3) is 0 Å². The van der Waals surface area contributed by atoms with E-state index in [0.29, 0.717) is 5.69 Å². The van der Waals surface area contributed by atoms with Gasteiger partial charge in [0.2, 0.25) is 0 Å². The zero-order chi connectivity index (χ0) is 14.7. The Balaban J connectivity index is 2.35. The fourth-order valence-electron chi connectivity index (χ4n) is 2.08. The number of benzene rings is 2. The topological polar surface area (TPSA) is 79.0 Å². The predicted molar refractivity (Wildman–Crippen MR) is 77.0 cm³/mol. The first-order valence-corrected chi connectivity index (χ1v) is 6.03. The van der Waals surface area contributed by atoms with E-state index in [-0.39, 0.29) is 11.3 Å². The van der Waals surface area contributed by atoms with E-state index in [4.69, 9.17) is 5.26 Å². The Hall–Kier alpha value is -2.87. The van der Waals surface area contributed by atoms with E-state index in [1.807, 2.05) is 32.0 Å². The Morgan fingerprint density at radius 1 is 1.10 bits per heavy atom. The smallest absolute Gasteiger partial charge is 0.287 e. The molecule has 0 heterocycles. The summed E-state index contributed by atoms with van der Waals surface area (Å²) in [5.41, 5.74) is 3.64. The van der Waals surface area contributed by atoms with Crippen LogP contribution in [0.5, 0.6) is 0 Å². The van der Waals surface area contributed by atoms with Crippen molar-refractivity contribution in [2.45, 2.75) is 13.8 Å². The summed E-state index contributed by atoms with van der Waals surface area (Å²) in [6.45, 7) is 3.99. The van der Waals surface area contributed by atoms with Crippen LogP contribution in [0.1, 0.15) is 16.7 Å². The summed E-state index contributed by atoms with van der Waals surface area (Å²) < 4.78 is 0. The fraction of sp³-hybridized carbons (Fsp3) is 0.133. The molecule has 0 bridgehead atoms. The summed E-state index contributed by atoms with van der Waals surface area (Å²) in [4.78, 5) is 10.2. The molecule has 2 aromatic carbocycles. The van der Waals surface area contributed by atoms with E-state index in [1.165, 1.54) is 12.1 Å². The molecule has 0 spiro atoms. The van der Waals surface area contributed by atoms with Gasteiger partial charge in [0.1, 0.15) is 11.6 Å². The number of nitriles is 1. The average molecular weight is 267 g/mol. The number of aryl methyl sites for hydroxylation is 2. The minimum absolute atomic E-state index is 0.0457. The van der Waals surface area contributed by atoms with Crippen LogP contribution in [-0.2, 0) is 0 Å². The number of nitrogens with one attached hydrogen (secondary N) is 1. The highest BCUT2D eigenvalue weighted by Crippen LogP contribution is 2.25. The van der Waals surface area contributed by atoms with E-state index in [0.717, 1.165) is 16.8 Å². The molecule has 5 nitrogen and oxygen atoms in total. The molecule has 2 aromatic rings. The van der Waals surface area contributed by atoms with Gasteiger partial charge in [-0.15, -0.1) is 0 Å². The average Bonchev–Trinajstić information content (AvgIpc) is 2.37. The Bertz CT molecular complexity index is 697. The standard InChI is InChI=1S/C15H13N3O2/c1-10-5-11(2)7-14(6-10)17-13-3-4-15(18(19)20)12(8-13)9-16/h3-8,17H,1-2H3. The lowest BCUT2D eigenvalue weighted by molar-refractivity contribution is -0.385. The molecule has 0 aliphatic heterocycles. The molecule has 0 amide bonds. The molecular weight excluding hydrogens is 254 g/mol. The van der Waals surface area contributed by atoms with Crippen molar-refractivity contribution in [3.05, 3.63) is 63.2 Å². The molecule has 0 radical (unpaired) electrons. The largest absolute Gasteiger partial charge is 0.355 e. The third-order valence-electron chi connectivity index (χ3n) is 2.82. The third kappa shape index (κ3) is 2.93. The second-order valence-electron chi connectivity index (χ2n) is 4.60. The van der Waals surface area contributed by atoms with E-state index < -0.39 is 4.92 Å². The summed E-state index contributed by atoms with van der Waals surface area (Å²) in [6, 6.07) is 12.3. The van der Waals surface area contributed by atoms with E-state index in [2.05, 4.69) is 11.4 Å². The maximum absolute atomic E-state index is 10.8. The zero-order valence-electron chi connectivity index (χ0n) is 11.2. The maximum atomic E-state index is 10.8. The highest BCUT2D eigenvalue weighted by atomic mass is 16.6. The lowest BCUT2D eigenvalue weighted by atomic mass is 10.1. The Kier molecular flexibility index (Phi) is 3.67. The highest BCUT2D eigenvalue weighted by molar-refractivity contribution is 5.66. The van der Waals surface area contributed by atoms with Crippen molar-refractivity contribution in [1.82, 2.24) is 0 Å². The van der Waals surface area contributed by atoms with Gasteiger partial charge in [-0.25, -0.2) is 0 Å². The molecule has 0 saturated carbocycles. The summed E-state index contributed by atoms with van der Waals surface area (Å²) in [7, 11) is 0. The van der Waals surface area contributed by atoms with E-state index >= 15 is 0 Å². The van der Waals surface area contributed by atoms with Gasteiger partial charge >= 0.3 is 0 Å².